The Hall–Kier alpha value is -0.696. The van der Waals surface area contributed by atoms with Gasteiger partial charge in [0.15, 0.2) is 16.6 Å². The first-order chi connectivity index (χ1) is 18.1. The Morgan fingerprint density at radius 3 is 2.05 bits per heavy atom. The standard InChI is InChI=1S/C34H60O4Si2/c1-22(30(35)36)26-16-17-27-25-15-14-23-20-24(37-39(10,11)31(2,3)4)21-29(38-40(12,13)32(5,6)7)34(23,9)28(25)18-19-33(26,27)8/h14-15,22,24,26-29H,16-21H2,1-13H3,(H,35,36)/t22?,24-,26-,27+,28+,29+,33-,34+/m1/s1. The molecule has 3 saturated carbocycles. The summed E-state index contributed by atoms with van der Waals surface area (Å²) in [6.45, 7) is 30.5. The van der Waals surface area contributed by atoms with Crippen LogP contribution in [0.3, 0.4) is 0 Å². The lowest BCUT2D eigenvalue weighted by Gasteiger charge is -2.59. The highest BCUT2D eigenvalue weighted by molar-refractivity contribution is 6.74. The smallest absolute Gasteiger partial charge is 0.306 e. The summed E-state index contributed by atoms with van der Waals surface area (Å²) < 4.78 is 14.6. The molecular weight excluding hydrogens is 529 g/mol. The lowest BCUT2D eigenvalue weighted by Crippen LogP contribution is -2.58. The number of hydrogen-bond acceptors (Lipinski definition) is 3. The van der Waals surface area contributed by atoms with Gasteiger partial charge in [-0.2, -0.15) is 0 Å². The zero-order valence-corrected chi connectivity index (χ0v) is 30.0. The molecule has 40 heavy (non-hydrogen) atoms. The van der Waals surface area contributed by atoms with Gasteiger partial charge in [0.1, 0.15) is 0 Å². The zero-order valence-electron chi connectivity index (χ0n) is 28.0. The van der Waals surface area contributed by atoms with Gasteiger partial charge in [-0.05, 0) is 98.0 Å². The van der Waals surface area contributed by atoms with Gasteiger partial charge in [-0.3, -0.25) is 4.79 Å². The summed E-state index contributed by atoms with van der Waals surface area (Å²) in [5.74, 6) is 0.275. The van der Waals surface area contributed by atoms with Crippen molar-refractivity contribution in [1.82, 2.24) is 0 Å². The second kappa shape index (κ2) is 10.2. The maximum absolute atomic E-state index is 12.0. The fourth-order valence-corrected chi connectivity index (χ4v) is 11.2. The fourth-order valence-electron chi connectivity index (χ4n) is 8.43. The molecule has 0 aliphatic heterocycles. The van der Waals surface area contributed by atoms with Crippen LogP contribution in [0.2, 0.25) is 36.3 Å². The van der Waals surface area contributed by atoms with Crippen LogP contribution in [0.5, 0.6) is 0 Å². The third-order valence-electron chi connectivity index (χ3n) is 13.2. The van der Waals surface area contributed by atoms with Crippen molar-refractivity contribution in [1.29, 1.82) is 0 Å². The molecule has 0 aromatic heterocycles. The quantitative estimate of drug-likeness (QED) is 0.314. The van der Waals surface area contributed by atoms with E-state index in [1.54, 1.807) is 5.57 Å². The van der Waals surface area contributed by atoms with Crippen molar-refractivity contribution >= 4 is 22.6 Å². The van der Waals surface area contributed by atoms with Gasteiger partial charge in [0.2, 0.25) is 0 Å². The van der Waals surface area contributed by atoms with Crippen molar-refractivity contribution in [3.05, 3.63) is 23.3 Å². The topological polar surface area (TPSA) is 55.8 Å². The van der Waals surface area contributed by atoms with Crippen LogP contribution >= 0.6 is 0 Å². The van der Waals surface area contributed by atoms with Gasteiger partial charge < -0.3 is 14.0 Å². The monoisotopic (exact) mass is 588 g/mol. The number of carbonyl (C=O) groups is 1. The predicted octanol–water partition coefficient (Wildman–Crippen LogP) is 9.60. The van der Waals surface area contributed by atoms with Gasteiger partial charge in [0.25, 0.3) is 0 Å². The van der Waals surface area contributed by atoms with Gasteiger partial charge in [0, 0.05) is 5.41 Å². The summed E-state index contributed by atoms with van der Waals surface area (Å²) in [5.41, 5.74) is 3.15. The van der Waals surface area contributed by atoms with Gasteiger partial charge in [0.05, 0.1) is 18.1 Å². The molecule has 0 radical (unpaired) electrons. The van der Waals surface area contributed by atoms with Crippen molar-refractivity contribution in [3.63, 3.8) is 0 Å². The van der Waals surface area contributed by atoms with Gasteiger partial charge in [-0.15, -0.1) is 0 Å². The normalized spacial score (nSPS) is 37.6. The molecule has 0 saturated heterocycles. The van der Waals surface area contributed by atoms with Crippen LogP contribution in [-0.2, 0) is 13.6 Å². The molecule has 0 aromatic carbocycles. The first-order valence-electron chi connectivity index (χ1n) is 16.1. The summed E-state index contributed by atoms with van der Waals surface area (Å²) in [4.78, 5) is 12.0. The summed E-state index contributed by atoms with van der Waals surface area (Å²) in [6, 6.07) is 0. The highest BCUT2D eigenvalue weighted by Gasteiger charge is 2.61. The van der Waals surface area contributed by atoms with E-state index in [2.05, 4.69) is 93.7 Å². The molecule has 6 heteroatoms. The molecular formula is C34H60O4Si2. The van der Waals surface area contributed by atoms with E-state index in [-0.39, 0.29) is 45.0 Å². The minimum atomic E-state index is -2.03. The Kier molecular flexibility index (Phi) is 8.21. The Bertz CT molecular complexity index is 1060. The van der Waals surface area contributed by atoms with Crippen molar-refractivity contribution < 1.29 is 18.8 Å². The molecule has 4 rings (SSSR count). The Balaban J connectivity index is 1.74. The SMILES string of the molecule is CC(C(=O)O)[C@H]1CC[C@H]2C3=CC=C4C[C@@H](O[Si](C)(C)C(C)(C)C)C[C@H](O[Si](C)(C)C(C)(C)C)[C@]4(C)[C@H]3CC[C@]12C. The number of allylic oxidation sites excluding steroid dienone is 3. The van der Waals surface area contributed by atoms with E-state index >= 15 is 0 Å². The molecule has 0 heterocycles. The maximum Gasteiger partial charge on any atom is 0.306 e. The van der Waals surface area contributed by atoms with Gasteiger partial charge in [-0.25, -0.2) is 0 Å². The third kappa shape index (κ3) is 5.19. The van der Waals surface area contributed by atoms with Gasteiger partial charge in [-0.1, -0.05) is 85.6 Å². The molecule has 1 N–H and O–H groups in total. The number of carboxylic acids is 1. The third-order valence-corrected chi connectivity index (χ3v) is 22.2. The summed E-state index contributed by atoms with van der Waals surface area (Å²) in [5, 5.41) is 10.2. The van der Waals surface area contributed by atoms with Crippen LogP contribution in [-0.4, -0.2) is 39.9 Å². The molecule has 3 fully saturated rings. The predicted molar refractivity (Wildman–Crippen MR) is 171 cm³/mol. The molecule has 1 unspecified atom stereocenters. The molecule has 0 spiro atoms. The highest BCUT2D eigenvalue weighted by atomic mass is 28.4. The number of hydrogen-bond donors (Lipinski definition) is 1. The van der Waals surface area contributed by atoms with E-state index in [1.807, 2.05) is 6.92 Å². The second-order valence-electron chi connectivity index (χ2n) is 17.4. The fraction of sp³-hybridized carbons (Fsp3) is 0.853. The largest absolute Gasteiger partial charge is 0.481 e. The summed E-state index contributed by atoms with van der Waals surface area (Å²) >= 11 is 0. The van der Waals surface area contributed by atoms with Crippen LogP contribution in [0.4, 0.5) is 0 Å². The lowest BCUT2D eigenvalue weighted by atomic mass is 9.49. The van der Waals surface area contributed by atoms with E-state index < -0.39 is 22.6 Å². The van der Waals surface area contributed by atoms with Crippen molar-refractivity contribution in [3.8, 4) is 0 Å². The first-order valence-corrected chi connectivity index (χ1v) is 21.9. The molecule has 0 aromatic rings. The average Bonchev–Trinajstić information content (AvgIpc) is 3.14. The lowest BCUT2D eigenvalue weighted by molar-refractivity contribution is -0.145. The number of aliphatic carboxylic acids is 1. The minimum absolute atomic E-state index is 0.0370. The van der Waals surface area contributed by atoms with E-state index in [0.717, 1.165) is 38.5 Å². The van der Waals surface area contributed by atoms with E-state index in [9.17, 15) is 9.90 Å². The molecule has 4 aliphatic carbocycles. The maximum atomic E-state index is 12.0. The van der Waals surface area contributed by atoms with Crippen LogP contribution in [0.1, 0.15) is 101 Å². The van der Waals surface area contributed by atoms with Crippen LogP contribution in [0.25, 0.3) is 0 Å². The first kappa shape index (κ1) is 32.2. The summed E-state index contributed by atoms with van der Waals surface area (Å²) in [6.07, 6.45) is 11.6. The van der Waals surface area contributed by atoms with Crippen molar-refractivity contribution in [2.75, 3.05) is 0 Å². The number of carboxylic acid groups (broad SMARTS) is 1. The van der Waals surface area contributed by atoms with E-state index in [0.29, 0.717) is 11.8 Å². The summed E-state index contributed by atoms with van der Waals surface area (Å²) in [7, 11) is -3.96. The van der Waals surface area contributed by atoms with Crippen LogP contribution in [0, 0.1) is 34.5 Å². The average molecular weight is 589 g/mol. The highest BCUT2D eigenvalue weighted by Crippen LogP contribution is 2.66. The zero-order chi connectivity index (χ0) is 30.3. The molecule has 4 aliphatic rings. The van der Waals surface area contributed by atoms with E-state index in [1.165, 1.54) is 5.57 Å². The van der Waals surface area contributed by atoms with Crippen molar-refractivity contribution in [2.45, 2.75) is 149 Å². The number of fused-ring (bicyclic) bond motifs is 5. The van der Waals surface area contributed by atoms with Gasteiger partial charge >= 0.3 is 5.97 Å². The molecule has 228 valence electrons. The minimum Gasteiger partial charge on any atom is -0.481 e. The number of rotatable bonds is 6. The van der Waals surface area contributed by atoms with Crippen LogP contribution < -0.4 is 0 Å². The van der Waals surface area contributed by atoms with E-state index in [4.69, 9.17) is 8.85 Å². The van der Waals surface area contributed by atoms with Crippen molar-refractivity contribution in [2.24, 2.45) is 34.5 Å². The Morgan fingerprint density at radius 1 is 0.925 bits per heavy atom. The Morgan fingerprint density at radius 2 is 1.50 bits per heavy atom. The second-order valence-corrected chi connectivity index (χ2v) is 26.9. The Labute approximate surface area is 248 Å². The van der Waals surface area contributed by atoms with Crippen LogP contribution in [0.15, 0.2) is 23.3 Å². The molecule has 8 atom stereocenters. The molecule has 0 bridgehead atoms. The molecule has 4 nitrogen and oxygen atoms in total. The molecule has 0 amide bonds.